The average molecular weight is 412 g/mol. The number of rotatable bonds is 4. The van der Waals surface area contributed by atoms with Gasteiger partial charge in [-0.2, -0.15) is 0 Å². The SMILES string of the molecule is Cc1noc(C)c1CC(=O)N1CCCC(c2nnc3n2CCN(C(=O)C2CC2)C3)C1. The molecule has 160 valence electrons. The predicted molar refractivity (Wildman–Crippen MR) is 106 cm³/mol. The molecule has 4 heterocycles. The lowest BCUT2D eigenvalue weighted by molar-refractivity contribution is -0.134. The number of amides is 2. The van der Waals surface area contributed by atoms with E-state index in [9.17, 15) is 9.59 Å². The third kappa shape index (κ3) is 3.50. The molecule has 2 fully saturated rings. The van der Waals surface area contributed by atoms with Crippen molar-refractivity contribution in [1.82, 2.24) is 29.7 Å². The molecular weight excluding hydrogens is 384 g/mol. The van der Waals surface area contributed by atoms with Gasteiger partial charge in [0.2, 0.25) is 11.8 Å². The minimum Gasteiger partial charge on any atom is -0.361 e. The minimum atomic E-state index is 0.105. The topological polar surface area (TPSA) is 97.4 Å². The third-order valence-electron chi connectivity index (χ3n) is 6.67. The summed E-state index contributed by atoms with van der Waals surface area (Å²) in [6, 6.07) is 0. The van der Waals surface area contributed by atoms with Gasteiger partial charge in [-0.3, -0.25) is 9.59 Å². The van der Waals surface area contributed by atoms with Crippen LogP contribution in [0, 0.1) is 19.8 Å². The van der Waals surface area contributed by atoms with Gasteiger partial charge in [0.05, 0.1) is 18.7 Å². The Kier molecular flexibility index (Phi) is 4.83. The quantitative estimate of drug-likeness (QED) is 0.756. The first-order chi connectivity index (χ1) is 14.5. The lowest BCUT2D eigenvalue weighted by atomic mass is 9.96. The second-order valence-corrected chi connectivity index (χ2v) is 8.82. The Bertz CT molecular complexity index is 956. The van der Waals surface area contributed by atoms with Crippen LogP contribution in [0.5, 0.6) is 0 Å². The molecule has 2 aromatic heterocycles. The van der Waals surface area contributed by atoms with Gasteiger partial charge in [-0.25, -0.2) is 0 Å². The van der Waals surface area contributed by atoms with Gasteiger partial charge in [0.1, 0.15) is 11.6 Å². The summed E-state index contributed by atoms with van der Waals surface area (Å²) in [4.78, 5) is 29.2. The molecule has 30 heavy (non-hydrogen) atoms. The van der Waals surface area contributed by atoms with Crippen molar-refractivity contribution < 1.29 is 14.1 Å². The summed E-state index contributed by atoms with van der Waals surface area (Å²) >= 11 is 0. The van der Waals surface area contributed by atoms with Crippen LogP contribution >= 0.6 is 0 Å². The molecule has 3 aliphatic rings. The van der Waals surface area contributed by atoms with Crippen LogP contribution in [0.2, 0.25) is 0 Å². The first-order valence-corrected chi connectivity index (χ1v) is 10.9. The second-order valence-electron chi connectivity index (χ2n) is 8.82. The number of aryl methyl sites for hydroxylation is 2. The second kappa shape index (κ2) is 7.52. The zero-order valence-electron chi connectivity index (χ0n) is 17.6. The van der Waals surface area contributed by atoms with Crippen LogP contribution in [0.4, 0.5) is 0 Å². The van der Waals surface area contributed by atoms with E-state index in [1.807, 2.05) is 23.6 Å². The standard InChI is InChI=1S/C21H28N6O3/c1-13-17(14(2)30-24-13)10-19(28)25-7-3-4-16(11-25)20-23-22-18-12-26(8-9-27(18)20)21(29)15-5-6-15/h15-16H,3-12H2,1-2H3. The Labute approximate surface area is 175 Å². The number of fused-ring (bicyclic) bond motifs is 1. The first kappa shape index (κ1) is 19.3. The molecule has 0 bridgehead atoms. The third-order valence-corrected chi connectivity index (χ3v) is 6.67. The molecule has 9 nitrogen and oxygen atoms in total. The van der Waals surface area contributed by atoms with Gasteiger partial charge in [0.25, 0.3) is 0 Å². The number of carbonyl (C=O) groups excluding carboxylic acids is 2. The van der Waals surface area contributed by atoms with Gasteiger partial charge >= 0.3 is 0 Å². The van der Waals surface area contributed by atoms with Crippen LogP contribution in [-0.2, 0) is 29.1 Å². The average Bonchev–Trinajstić information content (AvgIpc) is 3.46. The number of hydrogen-bond acceptors (Lipinski definition) is 6. The Morgan fingerprint density at radius 1 is 1.07 bits per heavy atom. The molecule has 1 saturated heterocycles. The van der Waals surface area contributed by atoms with Crippen molar-refractivity contribution in [1.29, 1.82) is 0 Å². The van der Waals surface area contributed by atoms with E-state index in [2.05, 4.69) is 19.9 Å². The molecule has 1 saturated carbocycles. The molecule has 1 aliphatic carbocycles. The van der Waals surface area contributed by atoms with Crippen molar-refractivity contribution in [2.45, 2.75) is 65.0 Å². The van der Waals surface area contributed by atoms with Crippen LogP contribution in [0.15, 0.2) is 4.52 Å². The maximum absolute atomic E-state index is 12.9. The number of hydrogen-bond donors (Lipinski definition) is 0. The molecule has 0 aromatic carbocycles. The fourth-order valence-corrected chi connectivity index (χ4v) is 4.69. The highest BCUT2D eigenvalue weighted by Crippen LogP contribution is 2.33. The van der Waals surface area contributed by atoms with E-state index in [1.54, 1.807) is 0 Å². The fraction of sp³-hybridized carbons (Fsp3) is 0.667. The van der Waals surface area contributed by atoms with Crippen molar-refractivity contribution in [3.8, 4) is 0 Å². The van der Waals surface area contributed by atoms with Crippen LogP contribution in [0.25, 0.3) is 0 Å². The van der Waals surface area contributed by atoms with E-state index in [0.29, 0.717) is 25.3 Å². The van der Waals surface area contributed by atoms with Gasteiger partial charge < -0.3 is 18.9 Å². The van der Waals surface area contributed by atoms with E-state index in [4.69, 9.17) is 4.52 Å². The molecule has 5 rings (SSSR count). The Morgan fingerprint density at radius 3 is 2.63 bits per heavy atom. The minimum absolute atomic E-state index is 0.105. The Balaban J connectivity index is 1.27. The first-order valence-electron chi connectivity index (χ1n) is 10.9. The maximum Gasteiger partial charge on any atom is 0.227 e. The summed E-state index contributed by atoms with van der Waals surface area (Å²) in [5, 5.41) is 12.8. The molecule has 1 atom stereocenters. The maximum atomic E-state index is 12.9. The molecule has 0 radical (unpaired) electrons. The molecule has 2 amide bonds. The van der Waals surface area contributed by atoms with Crippen molar-refractivity contribution in [3.05, 3.63) is 28.7 Å². The lowest BCUT2D eigenvalue weighted by Crippen LogP contribution is -2.42. The number of likely N-dealkylation sites (tertiary alicyclic amines) is 1. The Hall–Kier alpha value is -2.71. The molecule has 1 unspecified atom stereocenters. The van der Waals surface area contributed by atoms with Gasteiger partial charge in [-0.05, 0) is 39.5 Å². The molecule has 0 spiro atoms. The normalized spacial score (nSPS) is 21.6. The van der Waals surface area contributed by atoms with E-state index in [0.717, 1.165) is 68.2 Å². The summed E-state index contributed by atoms with van der Waals surface area (Å²) in [6.07, 6.45) is 4.31. The van der Waals surface area contributed by atoms with Crippen LogP contribution < -0.4 is 0 Å². The van der Waals surface area contributed by atoms with E-state index in [-0.39, 0.29) is 23.7 Å². The molecular formula is C21H28N6O3. The van der Waals surface area contributed by atoms with Crippen LogP contribution in [-0.4, -0.2) is 61.2 Å². The molecule has 0 N–H and O–H groups in total. The summed E-state index contributed by atoms with van der Waals surface area (Å²) in [5.74, 6) is 3.32. The van der Waals surface area contributed by atoms with Crippen molar-refractivity contribution >= 4 is 11.8 Å². The highest BCUT2D eigenvalue weighted by molar-refractivity contribution is 5.81. The van der Waals surface area contributed by atoms with Crippen molar-refractivity contribution in [3.63, 3.8) is 0 Å². The number of aromatic nitrogens is 4. The van der Waals surface area contributed by atoms with Crippen molar-refractivity contribution in [2.75, 3.05) is 19.6 Å². The smallest absolute Gasteiger partial charge is 0.227 e. The Morgan fingerprint density at radius 2 is 1.90 bits per heavy atom. The van der Waals surface area contributed by atoms with Gasteiger partial charge in [0, 0.05) is 43.6 Å². The van der Waals surface area contributed by atoms with Gasteiger partial charge in [0.15, 0.2) is 5.82 Å². The highest BCUT2D eigenvalue weighted by atomic mass is 16.5. The van der Waals surface area contributed by atoms with Gasteiger partial charge in [-0.15, -0.1) is 10.2 Å². The largest absolute Gasteiger partial charge is 0.361 e. The van der Waals surface area contributed by atoms with Crippen LogP contribution in [0.3, 0.4) is 0 Å². The highest BCUT2D eigenvalue weighted by Gasteiger charge is 2.36. The zero-order chi connectivity index (χ0) is 20.8. The lowest BCUT2D eigenvalue weighted by Gasteiger charge is -2.34. The predicted octanol–water partition coefficient (Wildman–Crippen LogP) is 1.58. The number of carbonyl (C=O) groups is 2. The van der Waals surface area contributed by atoms with Crippen molar-refractivity contribution in [2.24, 2.45) is 5.92 Å². The summed E-state index contributed by atoms with van der Waals surface area (Å²) in [7, 11) is 0. The molecule has 9 heteroatoms. The number of piperidine rings is 1. The van der Waals surface area contributed by atoms with Crippen LogP contribution in [0.1, 0.15) is 60.3 Å². The van der Waals surface area contributed by atoms with E-state index in [1.165, 1.54) is 0 Å². The zero-order valence-corrected chi connectivity index (χ0v) is 17.6. The summed E-state index contributed by atoms with van der Waals surface area (Å²) in [6.45, 7) is 7.14. The molecule has 2 aromatic rings. The molecule has 2 aliphatic heterocycles. The fourth-order valence-electron chi connectivity index (χ4n) is 4.69. The summed E-state index contributed by atoms with van der Waals surface area (Å²) < 4.78 is 7.37. The monoisotopic (exact) mass is 412 g/mol. The number of nitrogens with zero attached hydrogens (tertiary/aromatic N) is 6. The van der Waals surface area contributed by atoms with E-state index < -0.39 is 0 Å². The summed E-state index contributed by atoms with van der Waals surface area (Å²) in [5.41, 5.74) is 1.67. The van der Waals surface area contributed by atoms with Gasteiger partial charge in [-0.1, -0.05) is 5.16 Å². The van der Waals surface area contributed by atoms with E-state index >= 15 is 0 Å².